The molecule has 4 heterocycles. The molecule has 2 spiro atoms. The molecular weight excluding hydrogens is 504 g/mol. The molecule has 0 unspecified atom stereocenters. The molecule has 0 bridgehead atoms. The number of carbonyl (C=O) groups is 2. The van der Waals surface area contributed by atoms with Crippen molar-refractivity contribution in [2.45, 2.75) is 22.7 Å². The van der Waals surface area contributed by atoms with Gasteiger partial charge >= 0.3 is 0 Å². The molecule has 2 saturated heterocycles. The van der Waals surface area contributed by atoms with Crippen LogP contribution in [0.5, 0.6) is 5.75 Å². The summed E-state index contributed by atoms with van der Waals surface area (Å²) in [4.78, 5) is 38.9. The Morgan fingerprint density at radius 2 is 1.78 bits per heavy atom. The number of anilines is 1. The van der Waals surface area contributed by atoms with Gasteiger partial charge < -0.3 is 9.64 Å². The number of benzene rings is 2. The Morgan fingerprint density at radius 3 is 2.49 bits per heavy atom. The summed E-state index contributed by atoms with van der Waals surface area (Å²) in [7, 11) is 5.31. The fraction of sp³-hybridized carbons (Fsp3) is 0.286. The Morgan fingerprint density at radius 1 is 1.05 bits per heavy atom. The summed E-state index contributed by atoms with van der Waals surface area (Å²) >= 11 is 7.24. The normalized spacial score (nSPS) is 27.1. The van der Waals surface area contributed by atoms with Crippen LogP contribution < -0.4 is 9.64 Å². The SMILES string of the molecule is COc1ccc2c(c1)[C@]1(C(=O)N2C)N(C)C[C@@H](c2ccncc2)[C@]12SC(=S)N(Cc1ccccc1)C2=O. The lowest BCUT2D eigenvalue weighted by Gasteiger charge is -2.42. The van der Waals surface area contributed by atoms with Crippen LogP contribution in [0.1, 0.15) is 22.6 Å². The van der Waals surface area contributed by atoms with Gasteiger partial charge in [0, 0.05) is 43.2 Å². The highest BCUT2D eigenvalue weighted by Gasteiger charge is 2.78. The Bertz CT molecular complexity index is 1420. The summed E-state index contributed by atoms with van der Waals surface area (Å²) < 4.78 is 4.84. The van der Waals surface area contributed by atoms with Crippen molar-refractivity contribution in [1.29, 1.82) is 0 Å². The molecule has 188 valence electrons. The number of nitrogens with zero attached hydrogens (tertiary/aromatic N) is 4. The molecule has 37 heavy (non-hydrogen) atoms. The van der Waals surface area contributed by atoms with Crippen LogP contribution in [0.4, 0.5) is 5.69 Å². The lowest BCUT2D eigenvalue weighted by Crippen LogP contribution is -2.62. The molecule has 3 aliphatic heterocycles. The minimum absolute atomic E-state index is 0.139. The Hall–Kier alpha value is -3.27. The van der Waals surface area contributed by atoms with Gasteiger partial charge in [-0.2, -0.15) is 0 Å². The van der Waals surface area contributed by atoms with Crippen molar-refractivity contribution in [2.24, 2.45) is 0 Å². The van der Waals surface area contributed by atoms with E-state index in [1.165, 1.54) is 11.8 Å². The van der Waals surface area contributed by atoms with Gasteiger partial charge in [-0.25, -0.2) is 0 Å². The van der Waals surface area contributed by atoms with E-state index in [-0.39, 0.29) is 17.7 Å². The summed E-state index contributed by atoms with van der Waals surface area (Å²) in [6, 6.07) is 19.3. The number of ether oxygens (including phenoxy) is 1. The van der Waals surface area contributed by atoms with Gasteiger partial charge in [-0.1, -0.05) is 54.3 Å². The first kappa shape index (κ1) is 24.1. The quantitative estimate of drug-likeness (QED) is 0.476. The number of hydrogen-bond donors (Lipinski definition) is 0. The summed E-state index contributed by atoms with van der Waals surface area (Å²) in [5.41, 5.74) is 2.21. The molecule has 2 fully saturated rings. The van der Waals surface area contributed by atoms with Crippen molar-refractivity contribution in [3.05, 3.63) is 89.7 Å². The van der Waals surface area contributed by atoms with Crippen molar-refractivity contribution < 1.29 is 14.3 Å². The van der Waals surface area contributed by atoms with Crippen molar-refractivity contribution in [1.82, 2.24) is 14.8 Å². The minimum atomic E-state index is -1.27. The number of amides is 2. The smallest absolute Gasteiger partial charge is 0.254 e. The second kappa shape index (κ2) is 8.65. The van der Waals surface area contributed by atoms with Gasteiger partial charge in [0.15, 0.2) is 5.54 Å². The third kappa shape index (κ3) is 3.11. The maximum atomic E-state index is 14.8. The molecule has 0 N–H and O–H groups in total. The first-order valence-electron chi connectivity index (χ1n) is 12.0. The van der Waals surface area contributed by atoms with Crippen LogP contribution in [0.25, 0.3) is 0 Å². The zero-order valence-electron chi connectivity index (χ0n) is 20.7. The first-order chi connectivity index (χ1) is 17.9. The average Bonchev–Trinajstić information content (AvgIpc) is 3.43. The molecule has 9 heteroatoms. The maximum Gasteiger partial charge on any atom is 0.254 e. The number of rotatable bonds is 4. The number of pyridine rings is 1. The zero-order valence-corrected chi connectivity index (χ0v) is 22.4. The van der Waals surface area contributed by atoms with E-state index in [2.05, 4.69) is 4.98 Å². The van der Waals surface area contributed by atoms with E-state index >= 15 is 0 Å². The van der Waals surface area contributed by atoms with Gasteiger partial charge in [0.05, 0.1) is 13.7 Å². The Kier molecular flexibility index (Phi) is 5.63. The summed E-state index contributed by atoms with van der Waals surface area (Å²) in [5, 5.41) is 0. The lowest BCUT2D eigenvalue weighted by molar-refractivity contribution is -0.139. The van der Waals surface area contributed by atoms with E-state index in [1.807, 2.05) is 72.6 Å². The van der Waals surface area contributed by atoms with Gasteiger partial charge in [-0.05, 0) is 48.5 Å². The highest BCUT2D eigenvalue weighted by Crippen LogP contribution is 2.66. The number of methoxy groups -OCH3 is 1. The van der Waals surface area contributed by atoms with E-state index in [0.717, 1.165) is 22.4 Å². The van der Waals surface area contributed by atoms with E-state index < -0.39 is 10.3 Å². The molecule has 0 radical (unpaired) electrons. The third-order valence-electron chi connectivity index (χ3n) is 7.95. The standard InChI is InChI=1S/C28H26N4O3S2/c1-30-17-22(19-11-13-29-14-12-19)28(25(34)32(26(36)37-28)16-18-7-5-4-6-8-18)27(30)21-15-20(35-3)9-10-23(21)31(2)24(27)33/h4-15,22H,16-17H2,1-3H3/t22-,27+,28+/m0/s1. The van der Waals surface area contributed by atoms with Gasteiger partial charge in [-0.3, -0.25) is 24.4 Å². The van der Waals surface area contributed by atoms with E-state index in [9.17, 15) is 9.59 Å². The van der Waals surface area contributed by atoms with Crippen LogP contribution in [0, 0.1) is 0 Å². The van der Waals surface area contributed by atoms with Gasteiger partial charge in [0.2, 0.25) is 5.91 Å². The van der Waals surface area contributed by atoms with E-state index in [0.29, 0.717) is 23.2 Å². The monoisotopic (exact) mass is 530 g/mol. The van der Waals surface area contributed by atoms with Crippen LogP contribution in [0.3, 0.4) is 0 Å². The molecule has 0 aliphatic carbocycles. The largest absolute Gasteiger partial charge is 0.497 e. The number of carbonyl (C=O) groups excluding carboxylic acids is 2. The molecule has 2 amide bonds. The number of thioether (sulfide) groups is 1. The molecule has 1 aromatic heterocycles. The van der Waals surface area contributed by atoms with Gasteiger partial charge in [0.1, 0.15) is 14.8 Å². The Balaban J connectivity index is 1.60. The van der Waals surface area contributed by atoms with Crippen molar-refractivity contribution in [3.63, 3.8) is 0 Å². The molecule has 3 aliphatic rings. The highest BCUT2D eigenvalue weighted by molar-refractivity contribution is 8.25. The Labute approximate surface area is 225 Å². The second-order valence-electron chi connectivity index (χ2n) is 9.65. The molecule has 0 saturated carbocycles. The minimum Gasteiger partial charge on any atom is -0.497 e. The number of likely N-dealkylation sites (tertiary alicyclic amines) is 1. The number of fused-ring (bicyclic) bond motifs is 3. The van der Waals surface area contributed by atoms with E-state index in [1.54, 1.807) is 36.4 Å². The molecular formula is C28H26N4O3S2. The lowest BCUT2D eigenvalue weighted by atomic mass is 9.72. The topological polar surface area (TPSA) is 66.0 Å². The fourth-order valence-electron chi connectivity index (χ4n) is 6.30. The summed E-state index contributed by atoms with van der Waals surface area (Å²) in [6.45, 7) is 0.853. The molecule has 3 aromatic rings. The third-order valence-corrected chi connectivity index (χ3v) is 9.89. The van der Waals surface area contributed by atoms with Crippen LogP contribution in [-0.4, -0.2) is 63.4 Å². The van der Waals surface area contributed by atoms with Crippen LogP contribution in [-0.2, 0) is 21.7 Å². The highest BCUT2D eigenvalue weighted by atomic mass is 32.2. The predicted molar refractivity (Wildman–Crippen MR) is 148 cm³/mol. The molecule has 3 atom stereocenters. The maximum absolute atomic E-state index is 14.8. The number of hydrogen-bond acceptors (Lipinski definition) is 7. The summed E-state index contributed by atoms with van der Waals surface area (Å²) in [6.07, 6.45) is 3.47. The van der Waals surface area contributed by atoms with Gasteiger partial charge in [0.25, 0.3) is 5.91 Å². The predicted octanol–water partition coefficient (Wildman–Crippen LogP) is 3.79. The number of likely N-dealkylation sites (N-methyl/N-ethyl adjacent to an activating group) is 2. The second-order valence-corrected chi connectivity index (χ2v) is 11.5. The van der Waals surface area contributed by atoms with Gasteiger partial charge in [-0.15, -0.1) is 0 Å². The van der Waals surface area contributed by atoms with Crippen LogP contribution in [0.2, 0.25) is 0 Å². The molecule has 6 rings (SSSR count). The van der Waals surface area contributed by atoms with E-state index in [4.69, 9.17) is 17.0 Å². The number of thiocarbonyl (C=S) groups is 1. The van der Waals surface area contributed by atoms with Crippen LogP contribution >= 0.6 is 24.0 Å². The number of aromatic nitrogens is 1. The summed E-state index contributed by atoms with van der Waals surface area (Å²) in [5.74, 6) is 0.0532. The van der Waals surface area contributed by atoms with Crippen molar-refractivity contribution >= 4 is 45.8 Å². The van der Waals surface area contributed by atoms with Crippen LogP contribution in [0.15, 0.2) is 73.1 Å². The van der Waals surface area contributed by atoms with Crippen molar-refractivity contribution in [3.8, 4) is 5.75 Å². The molecule has 2 aromatic carbocycles. The first-order valence-corrected chi connectivity index (χ1v) is 13.3. The molecule has 7 nitrogen and oxygen atoms in total. The fourth-order valence-corrected chi connectivity index (χ4v) is 8.43. The zero-order chi connectivity index (χ0) is 25.9. The average molecular weight is 531 g/mol. The van der Waals surface area contributed by atoms with Crippen molar-refractivity contribution in [2.75, 3.05) is 32.6 Å².